The minimum Gasteiger partial charge on any atom is -0.459 e. The number of hydrogen-bond acceptors (Lipinski definition) is 8. The molecule has 10 heteroatoms. The number of carbonyl (C=O) groups is 4. The van der Waals surface area contributed by atoms with Gasteiger partial charge in [0.25, 0.3) is 5.69 Å². The van der Waals surface area contributed by atoms with Crippen molar-refractivity contribution in [3.05, 3.63) is 46.5 Å². The van der Waals surface area contributed by atoms with Crippen LogP contribution in [-0.2, 0) is 28.7 Å². The molecule has 30 heavy (non-hydrogen) atoms. The number of non-ortho nitro benzene ring substituents is 1. The lowest BCUT2D eigenvalue weighted by atomic mass is 9.73. The monoisotopic (exact) mass is 414 g/mol. The molecule has 0 N–H and O–H groups in total. The first-order valence-corrected chi connectivity index (χ1v) is 9.32. The van der Waals surface area contributed by atoms with E-state index < -0.39 is 52.4 Å². The third kappa shape index (κ3) is 2.83. The molecule has 2 saturated heterocycles. The Balaban J connectivity index is 1.75. The summed E-state index contributed by atoms with van der Waals surface area (Å²) in [6.45, 7) is 2.51. The van der Waals surface area contributed by atoms with E-state index in [2.05, 4.69) is 0 Å². The lowest BCUT2D eigenvalue weighted by Crippen LogP contribution is -2.51. The van der Waals surface area contributed by atoms with Crippen LogP contribution in [0, 0.1) is 22.0 Å². The summed E-state index contributed by atoms with van der Waals surface area (Å²) < 4.78 is 11.3. The maximum atomic E-state index is 13.3. The molecule has 3 aliphatic rings. The number of carbonyl (C=O) groups excluding carboxylic acids is 4. The second-order valence-electron chi connectivity index (χ2n) is 7.59. The molecule has 2 amide bonds. The number of nitro benzene ring substituents is 1. The molecule has 5 unspecified atom stereocenters. The molecule has 0 saturated carbocycles. The summed E-state index contributed by atoms with van der Waals surface area (Å²) in [5.74, 6) is -3.96. The van der Waals surface area contributed by atoms with Crippen molar-refractivity contribution in [2.24, 2.45) is 11.8 Å². The molecule has 5 atom stereocenters. The third-order valence-corrected chi connectivity index (χ3v) is 5.66. The van der Waals surface area contributed by atoms with Crippen molar-refractivity contribution in [2.45, 2.75) is 38.1 Å². The second kappa shape index (κ2) is 6.84. The Hall–Kier alpha value is -3.40. The number of benzene rings is 1. The van der Waals surface area contributed by atoms with E-state index in [1.165, 1.54) is 32.0 Å². The summed E-state index contributed by atoms with van der Waals surface area (Å²) in [5.41, 5.74) is -1.63. The van der Waals surface area contributed by atoms with E-state index in [4.69, 9.17) is 9.47 Å². The molecule has 1 aromatic carbocycles. The Bertz CT molecular complexity index is 1000. The number of ether oxygens (including phenoxy) is 2. The highest BCUT2D eigenvalue weighted by Gasteiger charge is 2.70. The molecule has 2 bridgehead atoms. The summed E-state index contributed by atoms with van der Waals surface area (Å²) in [4.78, 5) is 61.3. The van der Waals surface area contributed by atoms with E-state index in [-0.39, 0.29) is 23.6 Å². The number of anilines is 1. The van der Waals surface area contributed by atoms with E-state index in [9.17, 15) is 29.3 Å². The minimum atomic E-state index is -1.45. The largest absolute Gasteiger partial charge is 0.459 e. The van der Waals surface area contributed by atoms with Gasteiger partial charge in [0, 0.05) is 25.5 Å². The fourth-order valence-electron chi connectivity index (χ4n) is 4.56. The molecular weight excluding hydrogens is 396 g/mol. The number of imide groups is 1. The van der Waals surface area contributed by atoms with Crippen molar-refractivity contribution in [1.29, 1.82) is 0 Å². The number of fused-ring (bicyclic) bond motifs is 5. The van der Waals surface area contributed by atoms with Crippen LogP contribution in [0.15, 0.2) is 36.4 Å². The Morgan fingerprint density at radius 2 is 2.03 bits per heavy atom. The third-order valence-electron chi connectivity index (χ3n) is 5.66. The average molecular weight is 414 g/mol. The minimum absolute atomic E-state index is 0.0822. The van der Waals surface area contributed by atoms with Gasteiger partial charge in [-0.1, -0.05) is 12.1 Å². The van der Waals surface area contributed by atoms with Crippen molar-refractivity contribution in [3.63, 3.8) is 0 Å². The van der Waals surface area contributed by atoms with Crippen LogP contribution < -0.4 is 4.90 Å². The SMILES string of the molecule is CC(=O)CC(OC(C)=O)C12C=CC(O1)C1C(=O)N(c3cccc([N+](=O)[O-])c3)C(=O)C12. The van der Waals surface area contributed by atoms with Crippen LogP contribution in [0.25, 0.3) is 0 Å². The van der Waals surface area contributed by atoms with Crippen molar-refractivity contribution in [3.8, 4) is 0 Å². The first kappa shape index (κ1) is 19.9. The number of esters is 1. The molecular formula is C20H18N2O8. The maximum absolute atomic E-state index is 13.3. The van der Waals surface area contributed by atoms with Crippen LogP contribution in [0.3, 0.4) is 0 Å². The number of rotatable bonds is 6. The first-order valence-electron chi connectivity index (χ1n) is 9.32. The zero-order valence-corrected chi connectivity index (χ0v) is 16.1. The van der Waals surface area contributed by atoms with Crippen molar-refractivity contribution < 1.29 is 33.6 Å². The summed E-state index contributed by atoms with van der Waals surface area (Å²) >= 11 is 0. The van der Waals surface area contributed by atoms with E-state index >= 15 is 0 Å². The van der Waals surface area contributed by atoms with Crippen molar-refractivity contribution in [2.75, 3.05) is 4.90 Å². The first-order chi connectivity index (χ1) is 14.2. The fraction of sp³-hybridized carbons (Fsp3) is 0.400. The van der Waals surface area contributed by atoms with Crippen LogP contribution in [-0.4, -0.2) is 46.3 Å². The van der Waals surface area contributed by atoms with E-state index in [0.717, 1.165) is 11.0 Å². The number of amides is 2. The number of hydrogen-bond donors (Lipinski definition) is 0. The fourth-order valence-corrected chi connectivity index (χ4v) is 4.56. The van der Waals surface area contributed by atoms with Crippen LogP contribution in [0.5, 0.6) is 0 Å². The van der Waals surface area contributed by atoms with Crippen LogP contribution in [0.4, 0.5) is 11.4 Å². The molecule has 0 aromatic heterocycles. The Morgan fingerprint density at radius 3 is 2.67 bits per heavy atom. The molecule has 3 aliphatic heterocycles. The number of ketones is 1. The van der Waals surface area contributed by atoms with E-state index in [0.29, 0.717) is 0 Å². The van der Waals surface area contributed by atoms with Crippen molar-refractivity contribution in [1.82, 2.24) is 0 Å². The highest BCUT2D eigenvalue weighted by atomic mass is 16.6. The molecule has 0 radical (unpaired) electrons. The van der Waals surface area contributed by atoms with Gasteiger partial charge >= 0.3 is 5.97 Å². The van der Waals surface area contributed by atoms with E-state index in [1.54, 1.807) is 12.2 Å². The molecule has 10 nitrogen and oxygen atoms in total. The summed E-state index contributed by atoms with van der Waals surface area (Å²) in [5, 5.41) is 11.1. The topological polar surface area (TPSA) is 133 Å². The second-order valence-corrected chi connectivity index (χ2v) is 7.59. The van der Waals surface area contributed by atoms with Crippen LogP contribution >= 0.6 is 0 Å². The van der Waals surface area contributed by atoms with Gasteiger partial charge in [0.15, 0.2) is 0 Å². The lowest BCUT2D eigenvalue weighted by molar-refractivity contribution is -0.384. The van der Waals surface area contributed by atoms with Gasteiger partial charge in [-0.2, -0.15) is 0 Å². The molecule has 4 rings (SSSR count). The van der Waals surface area contributed by atoms with Gasteiger partial charge in [0.05, 0.1) is 28.6 Å². The van der Waals surface area contributed by atoms with Gasteiger partial charge in [0.1, 0.15) is 17.5 Å². The maximum Gasteiger partial charge on any atom is 0.303 e. The van der Waals surface area contributed by atoms with Gasteiger partial charge in [-0.05, 0) is 19.1 Å². The van der Waals surface area contributed by atoms with Crippen LogP contribution in [0.1, 0.15) is 20.3 Å². The number of Topliss-reactive ketones (excluding diaryl/α,β-unsaturated/α-hetero) is 1. The quantitative estimate of drug-likeness (QED) is 0.224. The smallest absolute Gasteiger partial charge is 0.303 e. The highest BCUT2D eigenvalue weighted by molar-refractivity contribution is 6.23. The predicted octanol–water partition coefficient (Wildman–Crippen LogP) is 1.32. The summed E-state index contributed by atoms with van der Waals surface area (Å²) in [6.07, 6.45) is 1.22. The van der Waals surface area contributed by atoms with Gasteiger partial charge in [-0.15, -0.1) is 0 Å². The summed E-state index contributed by atoms with van der Waals surface area (Å²) in [7, 11) is 0. The molecule has 3 heterocycles. The zero-order valence-electron chi connectivity index (χ0n) is 16.1. The molecule has 0 aliphatic carbocycles. The molecule has 0 spiro atoms. The van der Waals surface area contributed by atoms with Crippen LogP contribution in [0.2, 0.25) is 0 Å². The predicted molar refractivity (Wildman–Crippen MR) is 100 cm³/mol. The Morgan fingerprint density at radius 1 is 1.30 bits per heavy atom. The molecule has 156 valence electrons. The van der Waals surface area contributed by atoms with Gasteiger partial charge in [0.2, 0.25) is 11.8 Å². The molecule has 2 fully saturated rings. The Labute approximate surface area is 170 Å². The normalized spacial score (nSPS) is 29.8. The zero-order chi connectivity index (χ0) is 21.8. The summed E-state index contributed by atoms with van der Waals surface area (Å²) in [6, 6.07) is 5.23. The Kier molecular flexibility index (Phi) is 4.53. The number of nitrogens with zero attached hydrogens (tertiary/aromatic N) is 2. The van der Waals surface area contributed by atoms with E-state index in [1.807, 2.05) is 0 Å². The highest BCUT2D eigenvalue weighted by Crippen LogP contribution is 2.55. The van der Waals surface area contributed by atoms with Gasteiger partial charge < -0.3 is 9.47 Å². The average Bonchev–Trinajstić information content (AvgIpc) is 3.32. The van der Waals surface area contributed by atoms with Crippen molar-refractivity contribution >= 4 is 34.9 Å². The lowest BCUT2D eigenvalue weighted by Gasteiger charge is -2.35. The standard InChI is InChI=1S/C20H18N2O8/c1-10(23)8-15(29-11(2)24)20-7-6-14(30-20)16-17(20)19(26)21(18(16)25)12-4-3-5-13(9-12)22(27)28/h3-7,9,14-17H,8H2,1-2H3. The van der Waals surface area contributed by atoms with Gasteiger partial charge in [-0.3, -0.25) is 29.3 Å². The number of nitro groups is 1. The van der Waals surface area contributed by atoms with Gasteiger partial charge in [-0.25, -0.2) is 4.90 Å². The molecule has 1 aromatic rings.